The zero-order valence-corrected chi connectivity index (χ0v) is 22.7. The van der Waals surface area contributed by atoms with Crippen LogP contribution in [0.4, 0.5) is 8.78 Å². The number of hydrogen-bond donors (Lipinski definition) is 0. The van der Waals surface area contributed by atoms with Gasteiger partial charge in [-0.3, -0.25) is 9.36 Å². The first kappa shape index (κ1) is 25.4. The highest BCUT2D eigenvalue weighted by Crippen LogP contribution is 2.41. The molecule has 1 aromatic heterocycles. The van der Waals surface area contributed by atoms with E-state index in [9.17, 15) is 13.6 Å². The van der Waals surface area contributed by atoms with Crippen molar-refractivity contribution in [1.82, 2.24) is 4.57 Å². The highest BCUT2D eigenvalue weighted by molar-refractivity contribution is 7.07. The fraction of sp³-hybridized carbons (Fsp3) is 0.118. The fourth-order valence-corrected chi connectivity index (χ4v) is 6.63. The largest absolute Gasteiger partial charge is 0.488 e. The van der Waals surface area contributed by atoms with Crippen LogP contribution < -0.4 is 19.6 Å². The van der Waals surface area contributed by atoms with E-state index in [0.29, 0.717) is 31.8 Å². The third-order valence-corrected chi connectivity index (χ3v) is 8.57. The Kier molecular flexibility index (Phi) is 6.44. The first-order chi connectivity index (χ1) is 20.1. The van der Waals surface area contributed by atoms with Crippen LogP contribution in [-0.4, -0.2) is 4.57 Å². The molecule has 1 atom stereocenters. The highest BCUT2D eigenvalue weighted by Gasteiger charge is 2.32. The second-order valence-corrected chi connectivity index (χ2v) is 11.1. The van der Waals surface area contributed by atoms with Gasteiger partial charge in [0.2, 0.25) is 0 Å². The monoisotopic (exact) mass is 562 g/mol. The first-order valence-corrected chi connectivity index (χ1v) is 14.2. The Labute approximate surface area is 238 Å². The number of thiazole rings is 1. The third-order valence-electron chi connectivity index (χ3n) is 7.58. The van der Waals surface area contributed by atoms with Crippen molar-refractivity contribution in [2.45, 2.75) is 25.5 Å². The Morgan fingerprint density at radius 1 is 0.927 bits per heavy atom. The predicted molar refractivity (Wildman–Crippen MR) is 156 cm³/mol. The Morgan fingerprint density at radius 3 is 2.61 bits per heavy atom. The van der Waals surface area contributed by atoms with Crippen molar-refractivity contribution in [1.29, 1.82) is 0 Å². The van der Waals surface area contributed by atoms with Crippen LogP contribution in [0.2, 0.25) is 0 Å². The fourth-order valence-electron chi connectivity index (χ4n) is 5.64. The minimum absolute atomic E-state index is 0.0600. The lowest BCUT2D eigenvalue weighted by atomic mass is 9.83. The van der Waals surface area contributed by atoms with Gasteiger partial charge in [-0.15, -0.1) is 0 Å². The van der Waals surface area contributed by atoms with Crippen LogP contribution >= 0.6 is 11.3 Å². The number of aryl methyl sites for hydroxylation is 1. The zero-order chi connectivity index (χ0) is 27.9. The van der Waals surface area contributed by atoms with E-state index in [1.54, 1.807) is 41.0 Å². The molecule has 0 bridgehead atoms. The van der Waals surface area contributed by atoms with Gasteiger partial charge < -0.3 is 4.74 Å². The lowest BCUT2D eigenvalue weighted by molar-refractivity contribution is 0.299. The molecule has 41 heavy (non-hydrogen) atoms. The molecule has 0 spiro atoms. The third kappa shape index (κ3) is 4.62. The Bertz CT molecular complexity index is 2030. The quantitative estimate of drug-likeness (QED) is 0.257. The van der Waals surface area contributed by atoms with Crippen molar-refractivity contribution < 1.29 is 13.5 Å². The summed E-state index contributed by atoms with van der Waals surface area (Å²) in [5.74, 6) is -0.140. The highest BCUT2D eigenvalue weighted by atomic mass is 32.1. The van der Waals surface area contributed by atoms with Crippen molar-refractivity contribution in [2.24, 2.45) is 4.99 Å². The number of allylic oxidation sites excluding steroid dienone is 1. The van der Waals surface area contributed by atoms with Gasteiger partial charge in [0.25, 0.3) is 5.56 Å². The Hall–Kier alpha value is -4.62. The molecule has 7 heteroatoms. The van der Waals surface area contributed by atoms with E-state index in [4.69, 9.17) is 9.73 Å². The van der Waals surface area contributed by atoms with Gasteiger partial charge in [0.15, 0.2) is 4.80 Å². The summed E-state index contributed by atoms with van der Waals surface area (Å²) in [5, 5.41) is 0. The van der Waals surface area contributed by atoms with Crippen LogP contribution in [0.5, 0.6) is 5.75 Å². The van der Waals surface area contributed by atoms with E-state index in [1.165, 1.54) is 35.1 Å². The van der Waals surface area contributed by atoms with Crippen molar-refractivity contribution in [3.8, 4) is 5.75 Å². The number of benzene rings is 4. The van der Waals surface area contributed by atoms with Crippen LogP contribution in [0, 0.1) is 11.6 Å². The molecule has 0 saturated heterocycles. The van der Waals surface area contributed by atoms with Crippen LogP contribution in [0.1, 0.15) is 40.3 Å². The number of rotatable bonds is 5. The molecule has 2 heterocycles. The molecule has 0 saturated carbocycles. The summed E-state index contributed by atoms with van der Waals surface area (Å²) in [4.78, 5) is 19.6. The van der Waals surface area contributed by atoms with Gasteiger partial charge in [0, 0.05) is 16.7 Å². The van der Waals surface area contributed by atoms with Crippen molar-refractivity contribution in [2.75, 3.05) is 0 Å². The minimum atomic E-state index is -0.458. The number of para-hydroxylation sites is 1. The van der Waals surface area contributed by atoms with Crippen LogP contribution in [-0.2, 0) is 13.0 Å². The van der Waals surface area contributed by atoms with Gasteiger partial charge in [-0.05, 0) is 59.9 Å². The standard InChI is InChI=1S/C34H24F2N2O2S/c35-25-12-7-11-23(18-25)32-27-17-16-21-8-1-4-13-26(21)31(27)37-34-38(32)33(39)30(41-34)19-22-9-3-6-15-29(22)40-20-24-10-2-5-14-28(24)36/h1-15,18-19,32H,16-17,20H2/t32-/m0/s1. The smallest absolute Gasteiger partial charge is 0.271 e. The maximum atomic E-state index is 14.5. The molecule has 0 N–H and O–H groups in total. The summed E-state index contributed by atoms with van der Waals surface area (Å²) in [6.45, 7) is 0.0600. The molecule has 1 aliphatic heterocycles. The number of fused-ring (bicyclic) bond motifs is 3. The SMILES string of the molecule is O=c1c(=Cc2ccccc2OCc2ccccc2F)sc2n1[C@@H](c1cccc(F)c1)C1=C(N=2)c2ccccc2CC1. The number of halogens is 2. The van der Waals surface area contributed by atoms with Gasteiger partial charge in [-0.2, -0.15) is 0 Å². The molecule has 0 amide bonds. The molecular formula is C34H24F2N2O2S. The molecular weight excluding hydrogens is 538 g/mol. The lowest BCUT2D eigenvalue weighted by Gasteiger charge is -2.30. The molecule has 1 aliphatic carbocycles. The first-order valence-electron chi connectivity index (χ1n) is 13.4. The van der Waals surface area contributed by atoms with Crippen molar-refractivity contribution in [3.63, 3.8) is 0 Å². The molecule has 4 aromatic carbocycles. The molecule has 202 valence electrons. The summed E-state index contributed by atoms with van der Waals surface area (Å²) in [5.41, 5.74) is 5.82. The summed E-state index contributed by atoms with van der Waals surface area (Å²) >= 11 is 1.30. The van der Waals surface area contributed by atoms with E-state index in [0.717, 1.165) is 29.7 Å². The van der Waals surface area contributed by atoms with E-state index in [-0.39, 0.29) is 23.8 Å². The number of hydrogen-bond acceptors (Lipinski definition) is 4. The molecule has 4 nitrogen and oxygen atoms in total. The minimum Gasteiger partial charge on any atom is -0.488 e. The summed E-state index contributed by atoms with van der Waals surface area (Å²) in [7, 11) is 0. The normalized spacial score (nSPS) is 16.0. The maximum Gasteiger partial charge on any atom is 0.271 e. The van der Waals surface area contributed by atoms with Gasteiger partial charge in [-0.1, -0.05) is 84.1 Å². The molecule has 7 rings (SSSR count). The molecule has 5 aromatic rings. The van der Waals surface area contributed by atoms with Gasteiger partial charge in [0.05, 0.1) is 16.3 Å². The van der Waals surface area contributed by atoms with Crippen molar-refractivity contribution >= 4 is 23.1 Å². The van der Waals surface area contributed by atoms with E-state index in [2.05, 4.69) is 12.1 Å². The Balaban J connectivity index is 1.37. The van der Waals surface area contributed by atoms with Gasteiger partial charge in [0.1, 0.15) is 24.0 Å². The summed E-state index contributed by atoms with van der Waals surface area (Å²) in [6.07, 6.45) is 3.35. The van der Waals surface area contributed by atoms with Crippen LogP contribution in [0.3, 0.4) is 0 Å². The summed E-state index contributed by atoms with van der Waals surface area (Å²) in [6, 6.07) is 28.1. The van der Waals surface area contributed by atoms with Gasteiger partial charge >= 0.3 is 0 Å². The number of ether oxygens (including phenoxy) is 1. The summed E-state index contributed by atoms with van der Waals surface area (Å²) < 4.78 is 36.8. The Morgan fingerprint density at radius 2 is 1.73 bits per heavy atom. The maximum absolute atomic E-state index is 14.5. The van der Waals surface area contributed by atoms with Gasteiger partial charge in [-0.25, -0.2) is 13.8 Å². The average Bonchev–Trinajstić information content (AvgIpc) is 3.30. The molecule has 0 radical (unpaired) electrons. The zero-order valence-electron chi connectivity index (χ0n) is 21.9. The second-order valence-electron chi connectivity index (χ2n) is 10.1. The molecule has 0 unspecified atom stereocenters. The van der Waals surface area contributed by atoms with E-state index in [1.807, 2.05) is 36.4 Å². The average molecular weight is 563 g/mol. The van der Waals surface area contributed by atoms with E-state index >= 15 is 0 Å². The molecule has 2 aliphatic rings. The number of nitrogens with zero attached hydrogens (tertiary/aromatic N) is 2. The van der Waals surface area contributed by atoms with E-state index < -0.39 is 6.04 Å². The predicted octanol–water partition coefficient (Wildman–Crippen LogP) is 6.18. The van der Waals surface area contributed by atoms with Crippen LogP contribution in [0.15, 0.2) is 112 Å². The molecule has 0 fully saturated rings. The van der Waals surface area contributed by atoms with Crippen LogP contribution in [0.25, 0.3) is 11.8 Å². The number of aromatic nitrogens is 1. The van der Waals surface area contributed by atoms with Crippen molar-refractivity contribution in [3.05, 3.63) is 162 Å². The topological polar surface area (TPSA) is 43.6 Å². The second kappa shape index (κ2) is 10.4. The lowest BCUT2D eigenvalue weighted by Crippen LogP contribution is -2.38.